The molecule has 2 aliphatic heterocycles. The number of carbonyl (C=O) groups is 3. The Kier molecular flexibility index (Phi) is 9.90. The third-order valence-corrected chi connectivity index (χ3v) is 10.1. The van der Waals surface area contributed by atoms with Crippen LogP contribution in [0.15, 0.2) is 63.8 Å². The number of carboxylic acid groups (broad SMARTS) is 1. The number of hydrogen-bond acceptors (Lipinski definition) is 9. The molecule has 9 nitrogen and oxygen atoms in total. The number of aliphatic hydroxyl groups excluding tert-OH is 2. The van der Waals surface area contributed by atoms with E-state index in [0.717, 1.165) is 4.90 Å². The molecule has 2 aliphatic rings. The number of thioether (sulfide) groups is 3. The van der Waals surface area contributed by atoms with Crippen molar-refractivity contribution in [2.75, 3.05) is 30.5 Å². The number of amides is 2. The Morgan fingerprint density at radius 2 is 1.89 bits per heavy atom. The normalized spacial score (nSPS) is 18.9. The van der Waals surface area contributed by atoms with Gasteiger partial charge in [-0.1, -0.05) is 23.2 Å². The van der Waals surface area contributed by atoms with E-state index in [1.165, 1.54) is 40.2 Å². The van der Waals surface area contributed by atoms with Crippen LogP contribution in [-0.2, 0) is 14.4 Å². The molecular weight excluding hydrogens is 593 g/mol. The van der Waals surface area contributed by atoms with E-state index in [4.69, 9.17) is 23.2 Å². The van der Waals surface area contributed by atoms with Crippen molar-refractivity contribution in [1.82, 2.24) is 10.2 Å². The first-order valence-corrected chi connectivity index (χ1v) is 15.1. The zero-order valence-electron chi connectivity index (χ0n) is 19.7. The standard InChI is InChI=1S/C24H23Cl2N3O6S3/c25-14-1-2-17(26)18(7-14)37-12-19(32)27-20-22(33)29-21(24(34)35)13(11-38-23(20)29)10-36-16-3-5-28(6-4-16)15(8-30)9-31/h1-7,15,20,23,30-31H,8-12H2,(H-,27,32,34,35)/t20-,23-/m1/s1. The zero-order chi connectivity index (χ0) is 27.4. The number of halogens is 2. The summed E-state index contributed by atoms with van der Waals surface area (Å²) in [4.78, 5) is 40.1. The van der Waals surface area contributed by atoms with E-state index < -0.39 is 29.3 Å². The molecule has 4 rings (SSSR count). The van der Waals surface area contributed by atoms with Gasteiger partial charge >= 0.3 is 0 Å². The number of nitrogens with one attached hydrogen (secondary N) is 1. The monoisotopic (exact) mass is 615 g/mol. The van der Waals surface area contributed by atoms with Gasteiger partial charge in [0, 0.05) is 38.5 Å². The molecule has 1 saturated heterocycles. The van der Waals surface area contributed by atoms with E-state index in [2.05, 4.69) is 5.32 Å². The van der Waals surface area contributed by atoms with Gasteiger partial charge in [-0.3, -0.25) is 14.5 Å². The van der Waals surface area contributed by atoms with Gasteiger partial charge in [0.15, 0.2) is 12.4 Å². The Hall–Kier alpha value is -1.93. The first-order valence-electron chi connectivity index (χ1n) is 11.3. The van der Waals surface area contributed by atoms with E-state index in [1.54, 1.807) is 47.3 Å². The topological polar surface area (TPSA) is 134 Å². The van der Waals surface area contributed by atoms with Gasteiger partial charge in [0.05, 0.1) is 22.4 Å². The van der Waals surface area contributed by atoms with E-state index in [0.29, 0.717) is 32.0 Å². The van der Waals surface area contributed by atoms with Gasteiger partial charge in [-0.15, -0.1) is 35.3 Å². The number of carboxylic acids is 1. The SMILES string of the molecule is O=C(CSc1cc(Cl)ccc1Cl)N[C@@H]1C(=O)N2C(C(=O)[O-])=C(CSc3cc[n+](C(CO)CO)cc3)CS[C@H]12. The zero-order valence-corrected chi connectivity index (χ0v) is 23.7. The van der Waals surface area contributed by atoms with Crippen LogP contribution in [0.1, 0.15) is 6.04 Å². The number of hydrogen-bond donors (Lipinski definition) is 3. The first-order chi connectivity index (χ1) is 18.2. The van der Waals surface area contributed by atoms with Gasteiger partial charge in [-0.05, 0) is 23.8 Å². The fourth-order valence-electron chi connectivity index (χ4n) is 3.91. The minimum atomic E-state index is -1.44. The lowest BCUT2D eigenvalue weighted by molar-refractivity contribution is -0.726. The maximum absolute atomic E-state index is 12.9. The molecule has 2 amide bonds. The third kappa shape index (κ3) is 6.44. The fourth-order valence-corrected chi connectivity index (χ4v) is 7.58. The van der Waals surface area contributed by atoms with Gasteiger partial charge < -0.3 is 25.4 Å². The molecule has 0 unspecified atom stereocenters. The maximum atomic E-state index is 12.9. The van der Waals surface area contributed by atoms with Gasteiger partial charge in [0.25, 0.3) is 5.91 Å². The predicted octanol–water partition coefficient (Wildman–Crippen LogP) is 1.09. The smallest absolute Gasteiger partial charge is 0.253 e. The first kappa shape index (κ1) is 29.1. The molecule has 3 heterocycles. The number of rotatable bonds is 11. The van der Waals surface area contributed by atoms with Crippen molar-refractivity contribution in [1.29, 1.82) is 0 Å². The number of carbonyl (C=O) groups excluding carboxylic acids is 3. The molecule has 0 spiro atoms. The van der Waals surface area contributed by atoms with Crippen LogP contribution in [0.25, 0.3) is 0 Å². The van der Waals surface area contributed by atoms with Crippen LogP contribution in [0.4, 0.5) is 0 Å². The highest BCUT2D eigenvalue weighted by molar-refractivity contribution is 8.01. The van der Waals surface area contributed by atoms with Crippen LogP contribution in [0, 0.1) is 0 Å². The fraction of sp³-hybridized carbons (Fsp3) is 0.333. The molecule has 1 aromatic heterocycles. The minimum absolute atomic E-state index is 0.0146. The molecule has 0 bridgehead atoms. The molecule has 1 fully saturated rings. The second-order valence-corrected chi connectivity index (χ2v) is 12.4. The van der Waals surface area contributed by atoms with Crippen molar-refractivity contribution in [2.24, 2.45) is 0 Å². The minimum Gasteiger partial charge on any atom is -0.543 e. The van der Waals surface area contributed by atoms with E-state index >= 15 is 0 Å². The number of aliphatic hydroxyl groups is 2. The molecule has 0 radical (unpaired) electrons. The van der Waals surface area contributed by atoms with Crippen LogP contribution in [0.5, 0.6) is 0 Å². The summed E-state index contributed by atoms with van der Waals surface area (Å²) in [5.41, 5.74) is 0.407. The van der Waals surface area contributed by atoms with Crippen molar-refractivity contribution in [3.05, 3.63) is 64.0 Å². The number of β-lactam (4-membered cyclic amide) rings is 1. The largest absolute Gasteiger partial charge is 0.543 e. The summed E-state index contributed by atoms with van der Waals surface area (Å²) >= 11 is 16.1. The number of nitrogens with zero attached hydrogens (tertiary/aromatic N) is 2. The maximum Gasteiger partial charge on any atom is 0.253 e. The van der Waals surface area contributed by atoms with Gasteiger partial charge in [0.2, 0.25) is 11.9 Å². The Bertz CT molecular complexity index is 1260. The van der Waals surface area contributed by atoms with Crippen LogP contribution in [0.3, 0.4) is 0 Å². The van der Waals surface area contributed by atoms with Crippen molar-refractivity contribution in [3.63, 3.8) is 0 Å². The second-order valence-electron chi connectivity index (χ2n) is 8.35. The Labute approximate surface area is 241 Å². The molecule has 38 heavy (non-hydrogen) atoms. The molecule has 2 atom stereocenters. The van der Waals surface area contributed by atoms with E-state index in [1.807, 2.05) is 0 Å². The second kappa shape index (κ2) is 12.9. The number of fused-ring (bicyclic) bond motifs is 1. The number of benzene rings is 1. The lowest BCUT2D eigenvalue weighted by Crippen LogP contribution is -2.71. The highest BCUT2D eigenvalue weighted by Gasteiger charge is 2.52. The van der Waals surface area contributed by atoms with Crippen molar-refractivity contribution in [3.8, 4) is 0 Å². The lowest BCUT2D eigenvalue weighted by atomic mass is 10.0. The van der Waals surface area contributed by atoms with Crippen LogP contribution in [-0.4, -0.2) is 74.8 Å². The van der Waals surface area contributed by atoms with Gasteiger partial charge in [-0.25, -0.2) is 0 Å². The quantitative estimate of drug-likeness (QED) is 0.193. The highest BCUT2D eigenvalue weighted by atomic mass is 35.5. The highest BCUT2D eigenvalue weighted by Crippen LogP contribution is 2.41. The van der Waals surface area contributed by atoms with Crippen molar-refractivity contribution < 1.29 is 34.3 Å². The molecule has 202 valence electrons. The summed E-state index contributed by atoms with van der Waals surface area (Å²) in [7, 11) is 0. The number of aliphatic carboxylic acids is 1. The molecule has 0 aliphatic carbocycles. The van der Waals surface area contributed by atoms with Crippen LogP contribution < -0.4 is 15.0 Å². The third-order valence-electron chi connectivity index (χ3n) is 5.89. The average molecular weight is 617 g/mol. The molecule has 2 aromatic rings. The summed E-state index contributed by atoms with van der Waals surface area (Å²) in [5, 5.41) is 33.7. The number of aromatic nitrogens is 1. The van der Waals surface area contributed by atoms with Gasteiger partial charge in [-0.2, -0.15) is 4.57 Å². The summed E-state index contributed by atoms with van der Waals surface area (Å²) < 4.78 is 1.69. The molecule has 3 N–H and O–H groups in total. The summed E-state index contributed by atoms with van der Waals surface area (Å²) in [6.07, 6.45) is 3.45. The summed E-state index contributed by atoms with van der Waals surface area (Å²) in [6.45, 7) is -0.400. The molecule has 0 saturated carbocycles. The Balaban J connectivity index is 1.37. The van der Waals surface area contributed by atoms with Crippen molar-refractivity contribution in [2.45, 2.75) is 27.2 Å². The molecular formula is C24H23Cl2N3O6S3. The summed E-state index contributed by atoms with van der Waals surface area (Å²) in [5.74, 6) is -1.60. The van der Waals surface area contributed by atoms with E-state index in [-0.39, 0.29) is 30.6 Å². The predicted molar refractivity (Wildman–Crippen MR) is 145 cm³/mol. The Morgan fingerprint density at radius 3 is 2.55 bits per heavy atom. The van der Waals surface area contributed by atoms with Crippen LogP contribution >= 0.6 is 58.5 Å². The lowest BCUT2D eigenvalue weighted by Gasteiger charge is -2.50. The van der Waals surface area contributed by atoms with E-state index in [9.17, 15) is 29.7 Å². The molecule has 1 aromatic carbocycles. The van der Waals surface area contributed by atoms with Crippen molar-refractivity contribution >= 4 is 76.3 Å². The Morgan fingerprint density at radius 1 is 1.18 bits per heavy atom. The molecule has 14 heteroatoms. The van der Waals surface area contributed by atoms with Gasteiger partial charge in [0.1, 0.15) is 24.6 Å². The van der Waals surface area contributed by atoms with Crippen LogP contribution in [0.2, 0.25) is 10.0 Å². The average Bonchev–Trinajstić information content (AvgIpc) is 2.91. The number of pyridine rings is 1. The summed E-state index contributed by atoms with van der Waals surface area (Å²) in [6, 6.07) is 7.27.